The Bertz CT molecular complexity index is 376. The fraction of sp³-hybridized carbons (Fsp3) is 0.455. The minimum absolute atomic E-state index is 0. The van der Waals surface area contributed by atoms with Crippen molar-refractivity contribution in [2.24, 2.45) is 11.7 Å². The van der Waals surface area contributed by atoms with Gasteiger partial charge >= 0.3 is 0 Å². The molecular formula is C11H13Cl4N. The highest BCUT2D eigenvalue weighted by Crippen LogP contribution is 2.41. The van der Waals surface area contributed by atoms with Gasteiger partial charge in [-0.15, -0.1) is 12.4 Å². The zero-order chi connectivity index (χ0) is 11.0. The topological polar surface area (TPSA) is 26.0 Å². The SMILES string of the molecule is Cl.N[C@H](CC1CC1)c1c(Cl)ccc(Cl)c1Cl. The van der Waals surface area contributed by atoms with Gasteiger partial charge in [-0.2, -0.15) is 0 Å². The van der Waals surface area contributed by atoms with Crippen molar-refractivity contribution in [2.75, 3.05) is 0 Å². The highest BCUT2D eigenvalue weighted by atomic mass is 35.5. The molecule has 0 radical (unpaired) electrons. The van der Waals surface area contributed by atoms with Crippen LogP contribution in [0.4, 0.5) is 0 Å². The third-order valence-electron chi connectivity index (χ3n) is 2.73. The Hall–Kier alpha value is 0.340. The number of hydrogen-bond acceptors (Lipinski definition) is 1. The molecule has 0 amide bonds. The zero-order valence-electron chi connectivity index (χ0n) is 8.55. The zero-order valence-corrected chi connectivity index (χ0v) is 11.6. The molecule has 1 nitrogen and oxygen atoms in total. The summed E-state index contributed by atoms with van der Waals surface area (Å²) in [5, 5.41) is 1.62. The molecule has 1 atom stereocenters. The maximum Gasteiger partial charge on any atom is 0.0654 e. The van der Waals surface area contributed by atoms with E-state index in [1.54, 1.807) is 12.1 Å². The molecule has 0 unspecified atom stereocenters. The van der Waals surface area contributed by atoms with Crippen molar-refractivity contribution in [1.29, 1.82) is 0 Å². The molecule has 16 heavy (non-hydrogen) atoms. The minimum Gasteiger partial charge on any atom is -0.324 e. The molecule has 0 aliphatic heterocycles. The minimum atomic E-state index is -0.101. The smallest absolute Gasteiger partial charge is 0.0654 e. The van der Waals surface area contributed by atoms with Crippen LogP contribution in [0.5, 0.6) is 0 Å². The summed E-state index contributed by atoms with van der Waals surface area (Å²) < 4.78 is 0. The van der Waals surface area contributed by atoms with E-state index in [4.69, 9.17) is 40.5 Å². The second-order valence-electron chi connectivity index (χ2n) is 4.04. The van der Waals surface area contributed by atoms with E-state index in [1.165, 1.54) is 12.8 Å². The first-order chi connectivity index (χ1) is 7.09. The van der Waals surface area contributed by atoms with E-state index in [0.29, 0.717) is 15.1 Å². The Morgan fingerprint density at radius 1 is 1.19 bits per heavy atom. The van der Waals surface area contributed by atoms with Crippen LogP contribution in [-0.2, 0) is 0 Å². The summed E-state index contributed by atoms with van der Waals surface area (Å²) >= 11 is 18.1. The molecule has 90 valence electrons. The first-order valence-electron chi connectivity index (χ1n) is 4.98. The number of halogens is 4. The molecule has 1 aromatic carbocycles. The summed E-state index contributed by atoms with van der Waals surface area (Å²) in [6, 6.07) is 3.34. The predicted octanol–water partition coefficient (Wildman–Crippen LogP) is 4.87. The Kier molecular flexibility index (Phi) is 5.21. The molecule has 0 heterocycles. The summed E-state index contributed by atoms with van der Waals surface area (Å²) in [7, 11) is 0. The fourth-order valence-corrected chi connectivity index (χ4v) is 2.53. The van der Waals surface area contributed by atoms with Crippen molar-refractivity contribution in [3.05, 3.63) is 32.8 Å². The van der Waals surface area contributed by atoms with Crippen molar-refractivity contribution in [3.8, 4) is 0 Å². The lowest BCUT2D eigenvalue weighted by atomic mass is 10.0. The van der Waals surface area contributed by atoms with Gasteiger partial charge in [-0.05, 0) is 24.5 Å². The third kappa shape index (κ3) is 3.18. The number of rotatable bonds is 3. The summed E-state index contributed by atoms with van der Waals surface area (Å²) in [5.74, 6) is 0.742. The van der Waals surface area contributed by atoms with Gasteiger partial charge < -0.3 is 5.73 Å². The lowest BCUT2D eigenvalue weighted by Gasteiger charge is -2.15. The van der Waals surface area contributed by atoms with Gasteiger partial charge in [0.05, 0.1) is 10.0 Å². The molecule has 0 saturated heterocycles. The molecule has 1 aliphatic rings. The van der Waals surface area contributed by atoms with Crippen molar-refractivity contribution < 1.29 is 0 Å². The summed E-state index contributed by atoms with van der Waals surface area (Å²) in [6.07, 6.45) is 3.48. The lowest BCUT2D eigenvalue weighted by molar-refractivity contribution is 0.597. The van der Waals surface area contributed by atoms with Crippen LogP contribution >= 0.6 is 47.2 Å². The van der Waals surface area contributed by atoms with Gasteiger partial charge in [0.25, 0.3) is 0 Å². The third-order valence-corrected chi connectivity index (χ3v) is 3.88. The molecule has 0 spiro atoms. The van der Waals surface area contributed by atoms with Crippen molar-refractivity contribution in [1.82, 2.24) is 0 Å². The maximum atomic E-state index is 6.10. The Morgan fingerprint density at radius 2 is 1.75 bits per heavy atom. The maximum absolute atomic E-state index is 6.10. The second-order valence-corrected chi connectivity index (χ2v) is 5.23. The highest BCUT2D eigenvalue weighted by Gasteiger charge is 2.26. The van der Waals surface area contributed by atoms with Gasteiger partial charge in [-0.3, -0.25) is 0 Å². The monoisotopic (exact) mass is 299 g/mol. The number of nitrogens with two attached hydrogens (primary N) is 1. The molecule has 1 saturated carbocycles. The van der Waals surface area contributed by atoms with Crippen molar-refractivity contribution in [2.45, 2.75) is 25.3 Å². The van der Waals surface area contributed by atoms with Crippen LogP contribution in [0.1, 0.15) is 30.9 Å². The van der Waals surface area contributed by atoms with Crippen molar-refractivity contribution >= 4 is 47.2 Å². The van der Waals surface area contributed by atoms with Gasteiger partial charge in [0, 0.05) is 16.6 Å². The van der Waals surface area contributed by atoms with Crippen LogP contribution in [0.25, 0.3) is 0 Å². The normalized spacial score (nSPS) is 16.8. The van der Waals surface area contributed by atoms with Gasteiger partial charge in [0.1, 0.15) is 0 Å². The summed E-state index contributed by atoms with van der Waals surface area (Å²) in [5.41, 5.74) is 6.87. The van der Waals surface area contributed by atoms with Crippen LogP contribution in [0, 0.1) is 5.92 Å². The Labute approximate surface area is 117 Å². The van der Waals surface area contributed by atoms with E-state index in [0.717, 1.165) is 17.9 Å². The first-order valence-corrected chi connectivity index (χ1v) is 6.12. The quantitative estimate of drug-likeness (QED) is 0.792. The van der Waals surface area contributed by atoms with Crippen LogP contribution in [0.15, 0.2) is 12.1 Å². The molecule has 1 fully saturated rings. The fourth-order valence-electron chi connectivity index (χ4n) is 1.71. The molecule has 0 bridgehead atoms. The first kappa shape index (κ1) is 14.4. The van der Waals surface area contributed by atoms with Crippen LogP contribution in [0.3, 0.4) is 0 Å². The number of hydrogen-bond donors (Lipinski definition) is 1. The summed E-state index contributed by atoms with van der Waals surface area (Å²) in [4.78, 5) is 0. The standard InChI is InChI=1S/C11H12Cl3N.ClH/c12-7-3-4-8(13)11(14)10(7)9(15)5-6-1-2-6;/h3-4,6,9H,1-2,5,15H2;1H/t9-;/m1./s1. The Balaban J connectivity index is 0.00000128. The lowest BCUT2D eigenvalue weighted by Crippen LogP contribution is -2.12. The second kappa shape index (κ2) is 5.79. The average Bonchev–Trinajstić information content (AvgIpc) is 2.96. The van der Waals surface area contributed by atoms with Crippen LogP contribution in [0.2, 0.25) is 15.1 Å². The average molecular weight is 301 g/mol. The van der Waals surface area contributed by atoms with Gasteiger partial charge in [-0.25, -0.2) is 0 Å². The Morgan fingerprint density at radius 3 is 2.31 bits per heavy atom. The van der Waals surface area contributed by atoms with E-state index < -0.39 is 0 Å². The van der Waals surface area contributed by atoms with Gasteiger partial charge in [-0.1, -0.05) is 47.6 Å². The van der Waals surface area contributed by atoms with Gasteiger partial charge in [0.2, 0.25) is 0 Å². The number of benzene rings is 1. The van der Waals surface area contributed by atoms with Crippen molar-refractivity contribution in [3.63, 3.8) is 0 Å². The van der Waals surface area contributed by atoms with Crippen LogP contribution in [-0.4, -0.2) is 0 Å². The highest BCUT2D eigenvalue weighted by molar-refractivity contribution is 6.44. The molecule has 1 aromatic rings. The molecule has 2 rings (SSSR count). The largest absolute Gasteiger partial charge is 0.324 e. The molecule has 1 aliphatic carbocycles. The van der Waals surface area contributed by atoms with E-state index in [2.05, 4.69) is 0 Å². The molecule has 0 aromatic heterocycles. The van der Waals surface area contributed by atoms with E-state index >= 15 is 0 Å². The van der Waals surface area contributed by atoms with E-state index in [-0.39, 0.29) is 18.4 Å². The van der Waals surface area contributed by atoms with E-state index in [9.17, 15) is 0 Å². The molecule has 5 heteroatoms. The predicted molar refractivity (Wildman–Crippen MR) is 73.0 cm³/mol. The summed E-state index contributed by atoms with van der Waals surface area (Å²) in [6.45, 7) is 0. The van der Waals surface area contributed by atoms with Crippen LogP contribution < -0.4 is 5.73 Å². The molecule has 2 N–H and O–H groups in total. The van der Waals surface area contributed by atoms with E-state index in [1.807, 2.05) is 0 Å². The van der Waals surface area contributed by atoms with Gasteiger partial charge in [0.15, 0.2) is 0 Å². The molecular weight excluding hydrogens is 288 g/mol.